The second kappa shape index (κ2) is 7.40. The predicted octanol–water partition coefficient (Wildman–Crippen LogP) is 2.96. The number of nitrogens with zero attached hydrogens (tertiary/aromatic N) is 1. The van der Waals surface area contributed by atoms with Gasteiger partial charge in [-0.05, 0) is 41.0 Å². The van der Waals surface area contributed by atoms with E-state index in [2.05, 4.69) is 10.3 Å². The highest BCUT2D eigenvalue weighted by Crippen LogP contribution is 2.19. The first-order chi connectivity index (χ1) is 12.1. The summed E-state index contributed by atoms with van der Waals surface area (Å²) in [5.74, 6) is -0.102. The fourth-order valence-corrected chi connectivity index (χ4v) is 2.47. The van der Waals surface area contributed by atoms with E-state index < -0.39 is 0 Å². The standard InChI is InChI=1S/C20H18N4O/c21-19(22)16-6-4-14(5-7-16)13-24-20(25)18-3-1-2-17(12-18)15-8-10-23-11-9-15/h1-12H,13H2,(H3,21,22)(H,24,25). The number of amidine groups is 1. The quantitative estimate of drug-likeness (QED) is 0.496. The van der Waals surface area contributed by atoms with Gasteiger partial charge in [-0.15, -0.1) is 0 Å². The Labute approximate surface area is 146 Å². The number of rotatable bonds is 5. The van der Waals surface area contributed by atoms with Crippen LogP contribution in [0.4, 0.5) is 0 Å². The number of nitrogens with two attached hydrogens (primary N) is 1. The van der Waals surface area contributed by atoms with Gasteiger partial charge in [0.25, 0.3) is 5.91 Å². The van der Waals surface area contributed by atoms with Crippen LogP contribution in [0, 0.1) is 5.41 Å². The Kier molecular flexibility index (Phi) is 4.85. The summed E-state index contributed by atoms with van der Waals surface area (Å²) in [5, 5.41) is 10.3. The third-order valence-corrected chi connectivity index (χ3v) is 3.86. The lowest BCUT2D eigenvalue weighted by Gasteiger charge is -2.08. The lowest BCUT2D eigenvalue weighted by molar-refractivity contribution is 0.0951. The number of carbonyl (C=O) groups is 1. The van der Waals surface area contributed by atoms with E-state index in [0.29, 0.717) is 17.7 Å². The molecule has 5 nitrogen and oxygen atoms in total. The number of carbonyl (C=O) groups excluding carboxylic acids is 1. The topological polar surface area (TPSA) is 91.9 Å². The zero-order valence-electron chi connectivity index (χ0n) is 13.6. The molecule has 0 bridgehead atoms. The van der Waals surface area contributed by atoms with Gasteiger partial charge in [0.15, 0.2) is 0 Å². The molecule has 0 fully saturated rings. The van der Waals surface area contributed by atoms with Crippen molar-refractivity contribution in [2.45, 2.75) is 6.54 Å². The summed E-state index contributed by atoms with van der Waals surface area (Å²) in [4.78, 5) is 16.4. The number of nitrogens with one attached hydrogen (secondary N) is 2. The summed E-state index contributed by atoms with van der Waals surface area (Å²) in [6.07, 6.45) is 3.46. The maximum absolute atomic E-state index is 12.4. The molecule has 3 rings (SSSR count). The van der Waals surface area contributed by atoms with E-state index in [9.17, 15) is 4.79 Å². The van der Waals surface area contributed by atoms with E-state index in [0.717, 1.165) is 16.7 Å². The van der Waals surface area contributed by atoms with Crippen LogP contribution < -0.4 is 11.1 Å². The molecule has 0 aliphatic heterocycles. The molecule has 4 N–H and O–H groups in total. The Morgan fingerprint density at radius 2 is 1.68 bits per heavy atom. The molecule has 0 unspecified atom stereocenters. The van der Waals surface area contributed by atoms with Gasteiger partial charge in [-0.1, -0.05) is 36.4 Å². The van der Waals surface area contributed by atoms with E-state index in [1.807, 2.05) is 42.5 Å². The number of pyridine rings is 1. The first kappa shape index (κ1) is 16.4. The Morgan fingerprint density at radius 1 is 0.960 bits per heavy atom. The summed E-state index contributed by atoms with van der Waals surface area (Å²) in [5.41, 5.74) is 9.65. The zero-order chi connectivity index (χ0) is 17.6. The average Bonchev–Trinajstić information content (AvgIpc) is 2.67. The summed E-state index contributed by atoms with van der Waals surface area (Å²) in [7, 11) is 0. The second-order valence-corrected chi connectivity index (χ2v) is 5.61. The largest absolute Gasteiger partial charge is 0.384 e. The van der Waals surface area contributed by atoms with Crippen LogP contribution in [0.2, 0.25) is 0 Å². The van der Waals surface area contributed by atoms with Crippen LogP contribution in [0.1, 0.15) is 21.5 Å². The van der Waals surface area contributed by atoms with Crippen molar-refractivity contribution in [1.29, 1.82) is 5.41 Å². The van der Waals surface area contributed by atoms with Gasteiger partial charge in [0.05, 0.1) is 0 Å². The number of amides is 1. The fourth-order valence-electron chi connectivity index (χ4n) is 2.47. The van der Waals surface area contributed by atoms with Crippen LogP contribution in [0.15, 0.2) is 73.1 Å². The average molecular weight is 330 g/mol. The molecule has 5 heteroatoms. The molecule has 0 atom stereocenters. The zero-order valence-corrected chi connectivity index (χ0v) is 13.6. The molecule has 2 aromatic carbocycles. The van der Waals surface area contributed by atoms with Crippen LogP contribution in [0.25, 0.3) is 11.1 Å². The maximum Gasteiger partial charge on any atom is 0.251 e. The lowest BCUT2D eigenvalue weighted by Crippen LogP contribution is -2.22. The van der Waals surface area contributed by atoms with Gasteiger partial charge in [-0.25, -0.2) is 0 Å². The Balaban J connectivity index is 1.68. The van der Waals surface area contributed by atoms with E-state index in [-0.39, 0.29) is 11.7 Å². The first-order valence-corrected chi connectivity index (χ1v) is 7.85. The van der Waals surface area contributed by atoms with Gasteiger partial charge >= 0.3 is 0 Å². The van der Waals surface area contributed by atoms with E-state index in [4.69, 9.17) is 11.1 Å². The molecule has 124 valence electrons. The molecule has 1 amide bonds. The summed E-state index contributed by atoms with van der Waals surface area (Å²) >= 11 is 0. The van der Waals surface area contributed by atoms with Crippen molar-refractivity contribution >= 4 is 11.7 Å². The molecular formula is C20H18N4O. The minimum Gasteiger partial charge on any atom is -0.384 e. The van der Waals surface area contributed by atoms with Crippen molar-refractivity contribution in [2.75, 3.05) is 0 Å². The summed E-state index contributed by atoms with van der Waals surface area (Å²) < 4.78 is 0. The highest BCUT2D eigenvalue weighted by molar-refractivity contribution is 5.96. The van der Waals surface area contributed by atoms with Crippen LogP contribution in [0.3, 0.4) is 0 Å². The molecular weight excluding hydrogens is 312 g/mol. The first-order valence-electron chi connectivity index (χ1n) is 7.85. The summed E-state index contributed by atoms with van der Waals surface area (Å²) in [6.45, 7) is 0.413. The molecule has 25 heavy (non-hydrogen) atoms. The Morgan fingerprint density at radius 3 is 2.36 bits per heavy atom. The molecule has 1 aromatic heterocycles. The molecule has 0 saturated carbocycles. The van der Waals surface area contributed by atoms with Gasteiger partial charge in [-0.3, -0.25) is 15.2 Å². The molecule has 0 saturated heterocycles. The fraction of sp³-hybridized carbons (Fsp3) is 0.0500. The van der Waals surface area contributed by atoms with E-state index >= 15 is 0 Å². The number of hydrogen-bond donors (Lipinski definition) is 3. The molecule has 3 aromatic rings. The summed E-state index contributed by atoms with van der Waals surface area (Å²) in [6, 6.07) is 18.6. The number of benzene rings is 2. The SMILES string of the molecule is N=C(N)c1ccc(CNC(=O)c2cccc(-c3ccncc3)c2)cc1. The van der Waals surface area contributed by atoms with Crippen molar-refractivity contribution in [2.24, 2.45) is 5.73 Å². The van der Waals surface area contributed by atoms with E-state index in [1.54, 1.807) is 30.6 Å². The van der Waals surface area contributed by atoms with Crippen molar-refractivity contribution in [3.63, 3.8) is 0 Å². The molecule has 1 heterocycles. The molecule has 0 spiro atoms. The normalized spacial score (nSPS) is 10.2. The second-order valence-electron chi connectivity index (χ2n) is 5.61. The van der Waals surface area contributed by atoms with E-state index in [1.165, 1.54) is 0 Å². The molecule has 0 aliphatic rings. The van der Waals surface area contributed by atoms with Gasteiger partial charge in [0, 0.05) is 30.1 Å². The van der Waals surface area contributed by atoms with Crippen LogP contribution in [0.5, 0.6) is 0 Å². The van der Waals surface area contributed by atoms with Crippen LogP contribution in [-0.2, 0) is 6.54 Å². The Hall–Kier alpha value is -3.47. The van der Waals surface area contributed by atoms with Crippen molar-refractivity contribution in [3.8, 4) is 11.1 Å². The number of aromatic nitrogens is 1. The number of hydrogen-bond acceptors (Lipinski definition) is 3. The lowest BCUT2D eigenvalue weighted by atomic mass is 10.0. The minimum absolute atomic E-state index is 0.0310. The third-order valence-electron chi connectivity index (χ3n) is 3.86. The minimum atomic E-state index is -0.133. The van der Waals surface area contributed by atoms with Gasteiger partial charge in [0.1, 0.15) is 5.84 Å². The van der Waals surface area contributed by atoms with Crippen molar-refractivity contribution in [1.82, 2.24) is 10.3 Å². The van der Waals surface area contributed by atoms with Gasteiger partial charge in [0.2, 0.25) is 0 Å². The Bertz CT molecular complexity index is 889. The predicted molar refractivity (Wildman–Crippen MR) is 98.3 cm³/mol. The maximum atomic E-state index is 12.4. The van der Waals surface area contributed by atoms with Gasteiger partial charge in [-0.2, -0.15) is 0 Å². The van der Waals surface area contributed by atoms with Crippen LogP contribution in [-0.4, -0.2) is 16.7 Å². The smallest absolute Gasteiger partial charge is 0.251 e. The van der Waals surface area contributed by atoms with Gasteiger partial charge < -0.3 is 11.1 Å². The third kappa shape index (κ3) is 4.09. The molecule has 0 radical (unpaired) electrons. The van der Waals surface area contributed by atoms with Crippen molar-refractivity contribution in [3.05, 3.63) is 89.7 Å². The highest BCUT2D eigenvalue weighted by atomic mass is 16.1. The van der Waals surface area contributed by atoms with Crippen LogP contribution >= 0.6 is 0 Å². The number of nitrogen functional groups attached to an aromatic ring is 1. The monoisotopic (exact) mass is 330 g/mol. The van der Waals surface area contributed by atoms with Crippen molar-refractivity contribution < 1.29 is 4.79 Å². The molecule has 0 aliphatic carbocycles. The highest BCUT2D eigenvalue weighted by Gasteiger charge is 2.07.